The number of hydrogen-bond acceptors (Lipinski definition) is 4. The molecular weight excluding hydrogens is 517 g/mol. The lowest BCUT2D eigenvalue weighted by atomic mass is 9.88. The molecule has 3 aromatic rings. The molecule has 6 nitrogen and oxygen atoms in total. The van der Waals surface area contributed by atoms with E-state index in [4.69, 9.17) is 5.26 Å². The van der Waals surface area contributed by atoms with Crippen LogP contribution in [0.5, 0.6) is 0 Å². The van der Waals surface area contributed by atoms with Crippen molar-refractivity contribution in [3.63, 3.8) is 0 Å². The maximum Gasteiger partial charge on any atom is 0.225 e. The highest BCUT2D eigenvalue weighted by atomic mass is 35.5. The fraction of sp³-hybridized carbons (Fsp3) is 0.433. The molecule has 1 atom stereocenters. The van der Waals surface area contributed by atoms with Crippen LogP contribution in [0.25, 0.3) is 0 Å². The average Bonchev–Trinajstić information content (AvgIpc) is 3.25. The van der Waals surface area contributed by atoms with Crippen LogP contribution >= 0.6 is 24.8 Å². The van der Waals surface area contributed by atoms with Crippen molar-refractivity contribution in [1.82, 2.24) is 19.4 Å². The minimum Gasteiger partial charge on any atom is -0.341 e. The van der Waals surface area contributed by atoms with E-state index in [1.54, 1.807) is 0 Å². The van der Waals surface area contributed by atoms with Crippen LogP contribution in [0.3, 0.4) is 0 Å². The average molecular weight is 555 g/mol. The number of hydrogen-bond donors (Lipinski definition) is 0. The van der Waals surface area contributed by atoms with Crippen molar-refractivity contribution in [3.8, 4) is 6.07 Å². The second-order valence-electron chi connectivity index (χ2n) is 10.2. The summed E-state index contributed by atoms with van der Waals surface area (Å²) in [6, 6.07) is 20.9. The fourth-order valence-corrected chi connectivity index (χ4v) is 5.76. The quantitative estimate of drug-likeness (QED) is 0.375. The molecule has 1 unspecified atom stereocenters. The van der Waals surface area contributed by atoms with Crippen LogP contribution in [0, 0.1) is 17.2 Å². The standard InChI is InChI=1S/C30H35N5O.2ClH/c31-19-24-11-13-25(14-12-24)21-35-23-32-20-28(35)22-34-18-17-33(30(36)27-9-5-2-6-10-27)16-15-29(34)26-7-3-1-4-8-26;;/h1,3-4,7-8,11-14,20,23,27,29H,2,5-6,9-10,15-18,21-22H2;2*1H. The van der Waals surface area contributed by atoms with Gasteiger partial charge in [-0.25, -0.2) is 4.98 Å². The van der Waals surface area contributed by atoms with Crippen molar-refractivity contribution in [3.05, 3.63) is 89.5 Å². The largest absolute Gasteiger partial charge is 0.341 e. The summed E-state index contributed by atoms with van der Waals surface area (Å²) in [4.78, 5) is 22.5. The molecule has 1 aliphatic carbocycles. The van der Waals surface area contributed by atoms with E-state index in [0.717, 1.165) is 63.2 Å². The number of halogens is 2. The molecule has 2 aromatic carbocycles. The molecule has 202 valence electrons. The molecule has 2 heterocycles. The minimum absolute atomic E-state index is 0. The zero-order valence-corrected chi connectivity index (χ0v) is 23.4. The van der Waals surface area contributed by atoms with Crippen LogP contribution in [0.4, 0.5) is 0 Å². The van der Waals surface area contributed by atoms with E-state index in [1.165, 1.54) is 24.8 Å². The lowest BCUT2D eigenvalue weighted by Gasteiger charge is -2.30. The topological polar surface area (TPSA) is 65.2 Å². The predicted octanol–water partition coefficient (Wildman–Crippen LogP) is 6.00. The summed E-state index contributed by atoms with van der Waals surface area (Å²) in [5, 5.41) is 9.09. The van der Waals surface area contributed by atoms with E-state index in [-0.39, 0.29) is 36.8 Å². The van der Waals surface area contributed by atoms with Gasteiger partial charge in [0.1, 0.15) is 0 Å². The van der Waals surface area contributed by atoms with Gasteiger partial charge in [-0.05, 0) is 42.5 Å². The molecule has 1 saturated heterocycles. The summed E-state index contributed by atoms with van der Waals surface area (Å²) in [6.07, 6.45) is 10.5. The second kappa shape index (κ2) is 14.3. The SMILES string of the molecule is Cl.Cl.N#Cc1ccc(Cn2cncc2CN2CCN(C(=O)C3CCCCC3)CCC2c2ccccc2)cc1. The number of carbonyl (C=O) groups is 1. The first-order valence-corrected chi connectivity index (χ1v) is 13.3. The molecule has 2 aliphatic rings. The van der Waals surface area contributed by atoms with E-state index in [0.29, 0.717) is 11.5 Å². The van der Waals surface area contributed by atoms with Gasteiger partial charge < -0.3 is 9.47 Å². The monoisotopic (exact) mass is 553 g/mol. The summed E-state index contributed by atoms with van der Waals surface area (Å²) in [7, 11) is 0. The number of nitriles is 1. The molecule has 1 aliphatic heterocycles. The lowest BCUT2D eigenvalue weighted by molar-refractivity contribution is -0.136. The molecule has 8 heteroatoms. The van der Waals surface area contributed by atoms with Gasteiger partial charge in [0, 0.05) is 50.9 Å². The van der Waals surface area contributed by atoms with Gasteiger partial charge in [0.05, 0.1) is 23.7 Å². The van der Waals surface area contributed by atoms with Gasteiger partial charge in [-0.1, -0.05) is 61.7 Å². The first-order chi connectivity index (χ1) is 17.7. The number of amides is 1. The molecule has 0 N–H and O–H groups in total. The number of nitrogens with zero attached hydrogens (tertiary/aromatic N) is 5. The van der Waals surface area contributed by atoms with Crippen LogP contribution < -0.4 is 0 Å². The van der Waals surface area contributed by atoms with Gasteiger partial charge in [0.15, 0.2) is 0 Å². The summed E-state index contributed by atoms with van der Waals surface area (Å²) in [6.45, 7) is 3.94. The molecule has 1 saturated carbocycles. The van der Waals surface area contributed by atoms with Gasteiger partial charge in [-0.2, -0.15) is 5.26 Å². The zero-order valence-electron chi connectivity index (χ0n) is 21.7. The smallest absolute Gasteiger partial charge is 0.225 e. The number of benzene rings is 2. The van der Waals surface area contributed by atoms with Crippen LogP contribution in [0.1, 0.15) is 67.0 Å². The Kier molecular flexibility index (Phi) is 11.2. The van der Waals surface area contributed by atoms with Crippen molar-refractivity contribution in [2.45, 2.75) is 57.7 Å². The maximum absolute atomic E-state index is 13.3. The van der Waals surface area contributed by atoms with Crippen molar-refractivity contribution in [2.75, 3.05) is 19.6 Å². The Labute approximate surface area is 238 Å². The zero-order chi connectivity index (χ0) is 24.7. The van der Waals surface area contributed by atoms with E-state index in [1.807, 2.05) is 36.8 Å². The Morgan fingerprint density at radius 2 is 1.63 bits per heavy atom. The van der Waals surface area contributed by atoms with Gasteiger partial charge >= 0.3 is 0 Å². The Morgan fingerprint density at radius 1 is 0.895 bits per heavy atom. The molecule has 2 fully saturated rings. The third-order valence-corrected chi connectivity index (χ3v) is 7.82. The molecule has 1 amide bonds. The molecule has 1 aromatic heterocycles. The van der Waals surface area contributed by atoms with Crippen molar-refractivity contribution in [1.29, 1.82) is 5.26 Å². The molecule has 38 heavy (non-hydrogen) atoms. The Hall–Kier alpha value is -2.85. The molecule has 0 radical (unpaired) electrons. The van der Waals surface area contributed by atoms with Gasteiger partial charge in [-0.15, -0.1) is 24.8 Å². The summed E-state index contributed by atoms with van der Waals surface area (Å²) in [5.41, 5.74) is 4.29. The molecule has 0 spiro atoms. The van der Waals surface area contributed by atoms with E-state index >= 15 is 0 Å². The number of aromatic nitrogens is 2. The molecule has 0 bridgehead atoms. The second-order valence-corrected chi connectivity index (χ2v) is 10.2. The van der Waals surface area contributed by atoms with Crippen molar-refractivity contribution >= 4 is 30.7 Å². The van der Waals surface area contributed by atoms with E-state index in [2.05, 4.69) is 55.8 Å². The van der Waals surface area contributed by atoms with Gasteiger partial charge in [0.25, 0.3) is 0 Å². The van der Waals surface area contributed by atoms with Crippen LogP contribution in [0.15, 0.2) is 67.1 Å². The number of imidazole rings is 1. The Balaban J connectivity index is 0.00000200. The summed E-state index contributed by atoms with van der Waals surface area (Å²) >= 11 is 0. The fourth-order valence-electron chi connectivity index (χ4n) is 5.76. The third-order valence-electron chi connectivity index (χ3n) is 7.82. The van der Waals surface area contributed by atoms with Gasteiger partial charge in [0.2, 0.25) is 5.91 Å². The van der Waals surface area contributed by atoms with E-state index in [9.17, 15) is 4.79 Å². The minimum atomic E-state index is 0. The Bertz CT molecular complexity index is 1190. The number of rotatable bonds is 6. The third kappa shape index (κ3) is 7.17. The highest BCUT2D eigenvalue weighted by Gasteiger charge is 2.31. The van der Waals surface area contributed by atoms with Crippen molar-refractivity contribution < 1.29 is 4.79 Å². The number of carbonyl (C=O) groups excluding carboxylic acids is 1. The Morgan fingerprint density at radius 3 is 2.34 bits per heavy atom. The lowest BCUT2D eigenvalue weighted by Crippen LogP contribution is -2.39. The van der Waals surface area contributed by atoms with Crippen LogP contribution in [-0.2, 0) is 17.9 Å². The van der Waals surface area contributed by atoms with Crippen LogP contribution in [-0.4, -0.2) is 44.9 Å². The predicted molar refractivity (Wildman–Crippen MR) is 154 cm³/mol. The van der Waals surface area contributed by atoms with Crippen LogP contribution in [0.2, 0.25) is 0 Å². The first-order valence-electron chi connectivity index (χ1n) is 13.3. The normalized spacial score (nSPS) is 18.5. The summed E-state index contributed by atoms with van der Waals surface area (Å²) < 4.78 is 2.19. The molecular formula is C30H37Cl2N5O. The summed E-state index contributed by atoms with van der Waals surface area (Å²) in [5.74, 6) is 0.587. The molecule has 5 rings (SSSR count). The van der Waals surface area contributed by atoms with Gasteiger partial charge in [-0.3, -0.25) is 9.69 Å². The maximum atomic E-state index is 13.3. The highest BCUT2D eigenvalue weighted by molar-refractivity contribution is 5.85. The first kappa shape index (κ1) is 29.7. The van der Waals surface area contributed by atoms with Crippen molar-refractivity contribution in [2.24, 2.45) is 5.92 Å². The highest BCUT2D eigenvalue weighted by Crippen LogP contribution is 2.31. The van der Waals surface area contributed by atoms with E-state index < -0.39 is 0 Å².